The first kappa shape index (κ1) is 31.9. The standard InChI is InChI=1S/C23H26N10O12P2/c1-2-3-39-20-12-19(30-23(25)31-20)33(8-29-12)22-16-13(34)9(42-22)4-40-46(36)44-15-10(5-41-47(37,38)45-16)43-21(14(15)35)32-7-28-11-17(24)26-6-27-18(11)32/h1,6-10,13-16,21-22,34-36H,3-5H2,(H,37,38)(H2,24,26,27)(H2,25,30,31). The monoisotopic (exact) mass is 696 g/mol. The van der Waals surface area contributed by atoms with Crippen LogP contribution in [0.5, 0.6) is 5.88 Å². The lowest BCUT2D eigenvalue weighted by atomic mass is 10.1. The summed E-state index contributed by atoms with van der Waals surface area (Å²) in [6, 6.07) is 0. The van der Waals surface area contributed by atoms with Crippen molar-refractivity contribution in [2.24, 2.45) is 0 Å². The highest BCUT2D eigenvalue weighted by Crippen LogP contribution is 2.52. The second-order valence-corrected chi connectivity index (χ2v) is 12.7. The number of hydrogen-bond acceptors (Lipinski definition) is 19. The van der Waals surface area contributed by atoms with Crippen LogP contribution < -0.4 is 16.2 Å². The number of rotatable bonds is 4. The van der Waals surface area contributed by atoms with Crippen molar-refractivity contribution >= 4 is 50.5 Å². The van der Waals surface area contributed by atoms with Crippen LogP contribution in [0.4, 0.5) is 11.8 Å². The van der Waals surface area contributed by atoms with Crippen LogP contribution in [0.2, 0.25) is 0 Å². The number of nitrogens with two attached hydrogens (primary N) is 2. The van der Waals surface area contributed by atoms with Crippen LogP contribution in [0.15, 0.2) is 19.0 Å². The third-order valence-electron chi connectivity index (χ3n) is 7.47. The van der Waals surface area contributed by atoms with Gasteiger partial charge in [0.1, 0.15) is 48.5 Å². The molecule has 7 heterocycles. The fourth-order valence-electron chi connectivity index (χ4n) is 5.39. The molecule has 22 nitrogen and oxygen atoms in total. The molecular formula is C23H26N10O12P2. The van der Waals surface area contributed by atoms with Gasteiger partial charge >= 0.3 is 16.4 Å². The van der Waals surface area contributed by atoms with E-state index in [0.717, 1.165) is 0 Å². The van der Waals surface area contributed by atoms with E-state index in [2.05, 4.69) is 35.8 Å². The lowest BCUT2D eigenvalue weighted by molar-refractivity contribution is -0.0645. The number of phosphoric acid groups is 1. The molecule has 3 fully saturated rings. The van der Waals surface area contributed by atoms with Gasteiger partial charge in [-0.3, -0.25) is 18.2 Å². The molecule has 0 spiro atoms. The lowest BCUT2D eigenvalue weighted by Crippen LogP contribution is -2.35. The van der Waals surface area contributed by atoms with Crippen molar-refractivity contribution in [3.63, 3.8) is 0 Å². The number of aliphatic hydroxyl groups is 2. The molecule has 10 unspecified atom stereocenters. The maximum atomic E-state index is 13.3. The Balaban J connectivity index is 1.17. The van der Waals surface area contributed by atoms with Gasteiger partial charge in [0, 0.05) is 0 Å². The van der Waals surface area contributed by atoms with Gasteiger partial charge in [-0.15, -0.1) is 6.42 Å². The molecule has 3 aliphatic heterocycles. The minimum Gasteiger partial charge on any atom is -0.463 e. The molecule has 0 aromatic carbocycles. The SMILES string of the molecule is C#CCOc1nc(N)nc2c1ncn2C1OC2COP(O)OC3C(COP(=O)(O)OC1C2O)OC(n1cnc2c(N)ncnc21)C3O. The number of imidazole rings is 2. The second kappa shape index (κ2) is 12.4. The van der Waals surface area contributed by atoms with E-state index in [9.17, 15) is 24.6 Å². The number of terminal acetylenes is 1. The number of nitrogen functional groups attached to an aromatic ring is 2. The van der Waals surface area contributed by atoms with Gasteiger partial charge in [0.2, 0.25) is 11.8 Å². The van der Waals surface area contributed by atoms with Gasteiger partial charge in [0.05, 0.1) is 25.9 Å². The maximum Gasteiger partial charge on any atom is 0.472 e. The Morgan fingerprint density at radius 1 is 1.00 bits per heavy atom. The first-order chi connectivity index (χ1) is 22.5. The third-order valence-corrected chi connectivity index (χ3v) is 9.25. The molecule has 0 amide bonds. The highest BCUT2D eigenvalue weighted by molar-refractivity contribution is 7.47. The van der Waals surface area contributed by atoms with Crippen molar-refractivity contribution in [3.8, 4) is 18.2 Å². The summed E-state index contributed by atoms with van der Waals surface area (Å²) in [6.45, 7) is -1.33. The number of ether oxygens (including phenoxy) is 3. The van der Waals surface area contributed by atoms with Crippen LogP contribution in [0.1, 0.15) is 12.5 Å². The fourth-order valence-corrected chi connectivity index (χ4v) is 7.13. The van der Waals surface area contributed by atoms with Gasteiger partial charge in [-0.2, -0.15) is 9.97 Å². The Morgan fingerprint density at radius 2 is 1.74 bits per heavy atom. The largest absolute Gasteiger partial charge is 0.472 e. The topological polar surface area (TPSA) is 302 Å². The maximum absolute atomic E-state index is 13.3. The number of anilines is 2. The van der Waals surface area contributed by atoms with Crippen LogP contribution in [-0.4, -0.2) is 115 Å². The normalized spacial score (nSPS) is 34.7. The van der Waals surface area contributed by atoms with E-state index in [1.165, 1.54) is 28.1 Å². The van der Waals surface area contributed by atoms with E-state index in [1.54, 1.807) is 0 Å². The minimum atomic E-state index is -5.03. The highest BCUT2D eigenvalue weighted by atomic mass is 31.2. The zero-order chi connectivity index (χ0) is 33.0. The van der Waals surface area contributed by atoms with Crippen molar-refractivity contribution in [2.75, 3.05) is 31.3 Å². The van der Waals surface area contributed by atoms with Crippen LogP contribution in [0.3, 0.4) is 0 Å². The molecule has 0 aliphatic carbocycles. The van der Waals surface area contributed by atoms with E-state index in [0.29, 0.717) is 0 Å². The average molecular weight is 696 g/mol. The number of phosphoric ester groups is 1. The summed E-state index contributed by atoms with van der Waals surface area (Å²) in [5.41, 5.74) is 12.4. The van der Waals surface area contributed by atoms with Gasteiger partial charge in [-0.1, -0.05) is 5.92 Å². The molecule has 3 aliphatic rings. The number of nitrogens with zero attached hydrogens (tertiary/aromatic N) is 8. The molecule has 10 atom stereocenters. The molecule has 3 saturated heterocycles. The van der Waals surface area contributed by atoms with Crippen molar-refractivity contribution < 1.29 is 56.9 Å². The molecule has 4 aromatic heterocycles. The van der Waals surface area contributed by atoms with Crippen molar-refractivity contribution in [2.45, 2.75) is 49.1 Å². The summed E-state index contributed by atoms with van der Waals surface area (Å²) in [5, 5.41) is 22.3. The van der Waals surface area contributed by atoms with Crippen molar-refractivity contribution in [1.29, 1.82) is 0 Å². The van der Waals surface area contributed by atoms with Crippen LogP contribution in [0, 0.1) is 12.3 Å². The molecule has 7 rings (SSSR count). The molecule has 47 heavy (non-hydrogen) atoms. The fraction of sp³-hybridized carbons (Fsp3) is 0.478. The third kappa shape index (κ3) is 5.86. The Hall–Kier alpha value is -3.68. The van der Waals surface area contributed by atoms with E-state index < -0.39 is 78.7 Å². The summed E-state index contributed by atoms with van der Waals surface area (Å²) >= 11 is 0. The predicted molar refractivity (Wildman–Crippen MR) is 154 cm³/mol. The second-order valence-electron chi connectivity index (χ2n) is 10.3. The van der Waals surface area contributed by atoms with E-state index >= 15 is 0 Å². The number of aromatic nitrogens is 8. The summed E-state index contributed by atoms with van der Waals surface area (Å²) in [5.74, 6) is 2.14. The molecule has 250 valence electrons. The Morgan fingerprint density at radius 3 is 2.53 bits per heavy atom. The average Bonchev–Trinajstić information content (AvgIpc) is 3.79. The van der Waals surface area contributed by atoms with Gasteiger partial charge in [0.25, 0.3) is 0 Å². The highest BCUT2D eigenvalue weighted by Gasteiger charge is 2.52. The molecule has 0 radical (unpaired) electrons. The number of fused-ring (bicyclic) bond motifs is 5. The first-order valence-electron chi connectivity index (χ1n) is 13.7. The van der Waals surface area contributed by atoms with E-state index in [4.69, 9.17) is 50.2 Å². The van der Waals surface area contributed by atoms with Crippen LogP contribution in [-0.2, 0) is 32.1 Å². The molecule has 8 N–H and O–H groups in total. The summed E-state index contributed by atoms with van der Waals surface area (Å²) in [6.07, 6.45) is -2.12. The Labute approximate surface area is 264 Å². The quantitative estimate of drug-likeness (QED) is 0.104. The van der Waals surface area contributed by atoms with Crippen molar-refractivity contribution in [3.05, 3.63) is 19.0 Å². The van der Waals surface area contributed by atoms with Crippen LogP contribution >= 0.6 is 16.4 Å². The minimum absolute atomic E-state index is 0.0345. The number of aliphatic hydroxyl groups excluding tert-OH is 2. The summed E-state index contributed by atoms with van der Waals surface area (Å²) < 4.78 is 55.1. The molecular weight excluding hydrogens is 670 g/mol. The number of hydrogen-bond donors (Lipinski definition) is 6. The van der Waals surface area contributed by atoms with Crippen LogP contribution in [0.25, 0.3) is 22.3 Å². The zero-order valence-corrected chi connectivity index (χ0v) is 25.5. The lowest BCUT2D eigenvalue weighted by Gasteiger charge is -2.25. The molecule has 0 saturated carbocycles. The summed E-state index contributed by atoms with van der Waals surface area (Å²) in [7, 11) is -7.77. The smallest absolute Gasteiger partial charge is 0.463 e. The first-order valence-corrected chi connectivity index (χ1v) is 16.3. The summed E-state index contributed by atoms with van der Waals surface area (Å²) in [4.78, 5) is 46.0. The van der Waals surface area contributed by atoms with E-state index in [1.807, 2.05) is 0 Å². The van der Waals surface area contributed by atoms with E-state index in [-0.39, 0.29) is 46.6 Å². The molecule has 2 bridgehead atoms. The van der Waals surface area contributed by atoms with Gasteiger partial charge in [-0.25, -0.2) is 24.5 Å². The Bertz CT molecular complexity index is 1890. The van der Waals surface area contributed by atoms with Gasteiger partial charge in [-0.05, 0) is 0 Å². The Kier molecular flexibility index (Phi) is 8.42. The zero-order valence-electron chi connectivity index (χ0n) is 23.7. The van der Waals surface area contributed by atoms with Gasteiger partial charge < -0.3 is 54.7 Å². The predicted octanol–water partition coefficient (Wildman–Crippen LogP) is -1.50. The van der Waals surface area contributed by atoms with Gasteiger partial charge in [0.15, 0.2) is 41.7 Å². The van der Waals surface area contributed by atoms with Crippen molar-refractivity contribution in [1.82, 2.24) is 39.0 Å². The molecule has 24 heteroatoms. The molecule has 4 aromatic rings.